The third kappa shape index (κ3) is 2.41. The van der Waals surface area contributed by atoms with Gasteiger partial charge in [0.15, 0.2) is 0 Å². The maximum Gasteiger partial charge on any atom is 0.120 e. The van der Waals surface area contributed by atoms with Crippen molar-refractivity contribution < 1.29 is 4.74 Å². The predicted octanol–water partition coefficient (Wildman–Crippen LogP) is 2.41. The van der Waals surface area contributed by atoms with Gasteiger partial charge in [0.1, 0.15) is 11.8 Å². The molecule has 1 saturated carbocycles. The van der Waals surface area contributed by atoms with Crippen LogP contribution in [0.2, 0.25) is 0 Å². The lowest BCUT2D eigenvalue weighted by molar-refractivity contribution is 0.415. The van der Waals surface area contributed by atoms with Gasteiger partial charge in [0, 0.05) is 11.8 Å². The van der Waals surface area contributed by atoms with Gasteiger partial charge < -0.3 is 10.1 Å². The molecule has 1 aromatic rings. The van der Waals surface area contributed by atoms with Crippen molar-refractivity contribution in [2.24, 2.45) is 5.92 Å². The summed E-state index contributed by atoms with van der Waals surface area (Å²) in [5.74, 6) is 1.34. The molecule has 1 N–H and O–H groups in total. The van der Waals surface area contributed by atoms with Crippen molar-refractivity contribution in [3.05, 3.63) is 24.3 Å². The second-order valence-corrected chi connectivity index (χ2v) is 3.82. The van der Waals surface area contributed by atoms with Gasteiger partial charge in [-0.2, -0.15) is 5.26 Å². The molecular weight excluding hydrogens is 188 g/mol. The van der Waals surface area contributed by atoms with E-state index in [0.717, 1.165) is 24.3 Å². The van der Waals surface area contributed by atoms with Gasteiger partial charge in [0.25, 0.3) is 0 Å². The highest BCUT2D eigenvalue weighted by atomic mass is 16.5. The lowest BCUT2D eigenvalue weighted by Crippen LogP contribution is -2.19. The van der Waals surface area contributed by atoms with Crippen molar-refractivity contribution in [3.8, 4) is 11.8 Å². The van der Waals surface area contributed by atoms with E-state index < -0.39 is 0 Å². The number of nitriles is 1. The van der Waals surface area contributed by atoms with Crippen LogP contribution in [0.3, 0.4) is 0 Å². The van der Waals surface area contributed by atoms with Gasteiger partial charge >= 0.3 is 0 Å². The maximum absolute atomic E-state index is 8.98. The van der Waals surface area contributed by atoms with Gasteiger partial charge in [-0.3, -0.25) is 0 Å². The van der Waals surface area contributed by atoms with Crippen molar-refractivity contribution >= 4 is 5.69 Å². The number of hydrogen-bond donors (Lipinski definition) is 1. The molecule has 1 fully saturated rings. The molecule has 0 spiro atoms. The maximum atomic E-state index is 8.98. The summed E-state index contributed by atoms with van der Waals surface area (Å²) < 4.78 is 5.12. The van der Waals surface area contributed by atoms with Crippen LogP contribution in [0.25, 0.3) is 0 Å². The third-order valence-electron chi connectivity index (χ3n) is 2.62. The Kier molecular flexibility index (Phi) is 2.77. The molecule has 0 aliphatic heterocycles. The zero-order valence-corrected chi connectivity index (χ0v) is 8.73. The number of benzene rings is 1. The molecule has 0 saturated heterocycles. The van der Waals surface area contributed by atoms with Crippen LogP contribution in [0.15, 0.2) is 24.3 Å². The van der Waals surface area contributed by atoms with E-state index in [-0.39, 0.29) is 6.04 Å². The molecule has 0 bridgehead atoms. The van der Waals surface area contributed by atoms with Crippen LogP contribution in [0.4, 0.5) is 5.69 Å². The number of hydrogen-bond acceptors (Lipinski definition) is 3. The second-order valence-electron chi connectivity index (χ2n) is 3.82. The standard InChI is InChI=1S/C12H14N2O/c1-15-11-4-2-3-10(7-11)14-12(8-13)9-5-6-9/h2-4,7,9,12,14H,5-6H2,1H3. The van der Waals surface area contributed by atoms with E-state index in [0.29, 0.717) is 5.92 Å². The fourth-order valence-electron chi connectivity index (χ4n) is 1.58. The monoisotopic (exact) mass is 202 g/mol. The Balaban J connectivity index is 2.05. The molecule has 1 unspecified atom stereocenters. The average molecular weight is 202 g/mol. The van der Waals surface area contributed by atoms with Gasteiger partial charge in [-0.25, -0.2) is 0 Å². The molecule has 78 valence electrons. The number of nitrogens with one attached hydrogen (secondary N) is 1. The fraction of sp³-hybridized carbons (Fsp3) is 0.417. The Morgan fingerprint density at radius 1 is 1.53 bits per heavy atom. The first-order valence-corrected chi connectivity index (χ1v) is 5.13. The molecule has 0 radical (unpaired) electrons. The largest absolute Gasteiger partial charge is 0.497 e. The van der Waals surface area contributed by atoms with Crippen LogP contribution in [-0.4, -0.2) is 13.2 Å². The topological polar surface area (TPSA) is 45.0 Å². The summed E-state index contributed by atoms with van der Waals surface area (Å²) in [6.45, 7) is 0. The van der Waals surface area contributed by atoms with Crippen molar-refractivity contribution in [1.29, 1.82) is 5.26 Å². The molecule has 0 aromatic heterocycles. The molecule has 0 heterocycles. The molecule has 1 aliphatic carbocycles. The smallest absolute Gasteiger partial charge is 0.120 e. The van der Waals surface area contributed by atoms with E-state index in [4.69, 9.17) is 10.00 Å². The summed E-state index contributed by atoms with van der Waals surface area (Å²) in [4.78, 5) is 0. The first kappa shape index (κ1) is 9.85. The SMILES string of the molecule is COc1cccc(NC(C#N)C2CC2)c1. The van der Waals surface area contributed by atoms with Crippen LogP contribution in [0, 0.1) is 17.2 Å². The Hall–Kier alpha value is -1.69. The van der Waals surface area contributed by atoms with E-state index in [1.807, 2.05) is 24.3 Å². The summed E-state index contributed by atoms with van der Waals surface area (Å²) in [6, 6.07) is 9.91. The van der Waals surface area contributed by atoms with Gasteiger partial charge in [-0.15, -0.1) is 0 Å². The molecule has 3 heteroatoms. The first-order valence-electron chi connectivity index (χ1n) is 5.13. The highest BCUT2D eigenvalue weighted by molar-refractivity contribution is 5.50. The van der Waals surface area contributed by atoms with Crippen molar-refractivity contribution in [2.75, 3.05) is 12.4 Å². The van der Waals surface area contributed by atoms with Gasteiger partial charge in [0.05, 0.1) is 13.2 Å². The Labute approximate surface area is 89.7 Å². The van der Waals surface area contributed by atoms with Crippen LogP contribution >= 0.6 is 0 Å². The lowest BCUT2D eigenvalue weighted by atomic mass is 10.2. The second kappa shape index (κ2) is 4.22. The van der Waals surface area contributed by atoms with Crippen LogP contribution in [-0.2, 0) is 0 Å². The van der Waals surface area contributed by atoms with Gasteiger partial charge in [-0.1, -0.05) is 6.07 Å². The van der Waals surface area contributed by atoms with E-state index in [1.54, 1.807) is 7.11 Å². The number of rotatable bonds is 4. The first-order chi connectivity index (χ1) is 7.33. The molecular formula is C12H14N2O. The number of anilines is 1. The van der Waals surface area contributed by atoms with Crippen LogP contribution in [0.5, 0.6) is 5.75 Å². The zero-order valence-electron chi connectivity index (χ0n) is 8.73. The number of nitrogens with zero attached hydrogens (tertiary/aromatic N) is 1. The summed E-state index contributed by atoms with van der Waals surface area (Å²) in [5.41, 5.74) is 0.952. The molecule has 1 aromatic carbocycles. The van der Waals surface area contributed by atoms with E-state index in [1.165, 1.54) is 0 Å². The van der Waals surface area contributed by atoms with E-state index in [2.05, 4.69) is 11.4 Å². The Morgan fingerprint density at radius 3 is 2.93 bits per heavy atom. The highest BCUT2D eigenvalue weighted by Crippen LogP contribution is 2.34. The molecule has 2 rings (SSSR count). The molecule has 1 atom stereocenters. The zero-order chi connectivity index (χ0) is 10.7. The summed E-state index contributed by atoms with van der Waals surface area (Å²) >= 11 is 0. The van der Waals surface area contributed by atoms with Gasteiger partial charge in [-0.05, 0) is 30.9 Å². The normalized spacial score (nSPS) is 16.5. The molecule has 1 aliphatic rings. The minimum absolute atomic E-state index is 0.0582. The van der Waals surface area contributed by atoms with E-state index in [9.17, 15) is 0 Å². The van der Waals surface area contributed by atoms with Crippen molar-refractivity contribution in [2.45, 2.75) is 18.9 Å². The summed E-state index contributed by atoms with van der Waals surface area (Å²) in [5, 5.41) is 12.2. The highest BCUT2D eigenvalue weighted by Gasteiger charge is 2.31. The number of ether oxygens (including phenoxy) is 1. The molecule has 0 amide bonds. The average Bonchev–Trinajstić information content (AvgIpc) is 3.10. The lowest BCUT2D eigenvalue weighted by Gasteiger charge is -2.12. The Bertz CT molecular complexity index is 379. The third-order valence-corrected chi connectivity index (χ3v) is 2.62. The van der Waals surface area contributed by atoms with Gasteiger partial charge in [0.2, 0.25) is 0 Å². The van der Waals surface area contributed by atoms with E-state index >= 15 is 0 Å². The summed E-state index contributed by atoms with van der Waals surface area (Å²) in [6.07, 6.45) is 2.32. The minimum atomic E-state index is -0.0582. The predicted molar refractivity (Wildman–Crippen MR) is 58.7 cm³/mol. The van der Waals surface area contributed by atoms with Crippen molar-refractivity contribution in [1.82, 2.24) is 0 Å². The molecule has 15 heavy (non-hydrogen) atoms. The number of methoxy groups -OCH3 is 1. The fourth-order valence-corrected chi connectivity index (χ4v) is 1.58. The Morgan fingerprint density at radius 2 is 2.33 bits per heavy atom. The van der Waals surface area contributed by atoms with Crippen LogP contribution < -0.4 is 10.1 Å². The quantitative estimate of drug-likeness (QED) is 0.815. The minimum Gasteiger partial charge on any atom is -0.497 e. The van der Waals surface area contributed by atoms with Crippen molar-refractivity contribution in [3.63, 3.8) is 0 Å². The molecule has 3 nitrogen and oxygen atoms in total. The summed E-state index contributed by atoms with van der Waals surface area (Å²) in [7, 11) is 1.64. The van der Waals surface area contributed by atoms with Crippen LogP contribution in [0.1, 0.15) is 12.8 Å².